The average molecular weight is 374 g/mol. The summed E-state index contributed by atoms with van der Waals surface area (Å²) in [5, 5.41) is 5.11. The number of halogens is 2. The summed E-state index contributed by atoms with van der Waals surface area (Å²) in [4.78, 5) is 24.2. The van der Waals surface area contributed by atoms with Gasteiger partial charge in [-0.05, 0) is 36.1 Å². The SMILES string of the molecule is C[C@@H](NC(=O)CNC(=O)c1ccc(C(C)(C)C)cc1)c1ccc(F)cc1F. The zero-order chi connectivity index (χ0) is 20.2. The van der Waals surface area contributed by atoms with Crippen molar-refractivity contribution >= 4 is 11.8 Å². The maximum Gasteiger partial charge on any atom is 0.251 e. The summed E-state index contributed by atoms with van der Waals surface area (Å²) in [6, 6.07) is 9.72. The monoisotopic (exact) mass is 374 g/mol. The second-order valence-electron chi connectivity index (χ2n) is 7.47. The number of rotatable bonds is 5. The molecule has 1 atom stereocenters. The van der Waals surface area contributed by atoms with Gasteiger partial charge in [-0.2, -0.15) is 0 Å². The van der Waals surface area contributed by atoms with Gasteiger partial charge < -0.3 is 10.6 Å². The predicted molar refractivity (Wildman–Crippen MR) is 100 cm³/mol. The molecule has 2 aromatic rings. The summed E-state index contributed by atoms with van der Waals surface area (Å²) in [5.41, 5.74) is 1.72. The minimum Gasteiger partial charge on any atom is -0.348 e. The molecule has 2 aromatic carbocycles. The maximum atomic E-state index is 13.7. The van der Waals surface area contributed by atoms with Crippen molar-refractivity contribution < 1.29 is 18.4 Å². The van der Waals surface area contributed by atoms with Gasteiger partial charge in [-0.15, -0.1) is 0 Å². The quantitative estimate of drug-likeness (QED) is 0.835. The van der Waals surface area contributed by atoms with Crippen LogP contribution in [0.15, 0.2) is 42.5 Å². The molecule has 0 spiro atoms. The predicted octanol–water partition coefficient (Wildman–Crippen LogP) is 3.87. The van der Waals surface area contributed by atoms with E-state index in [0.29, 0.717) is 5.56 Å². The molecule has 0 bridgehead atoms. The molecule has 0 saturated carbocycles. The van der Waals surface area contributed by atoms with Crippen LogP contribution in [-0.4, -0.2) is 18.4 Å². The van der Waals surface area contributed by atoms with Gasteiger partial charge in [-0.1, -0.05) is 39.0 Å². The first-order valence-electron chi connectivity index (χ1n) is 8.71. The van der Waals surface area contributed by atoms with E-state index in [1.165, 1.54) is 6.07 Å². The van der Waals surface area contributed by atoms with Gasteiger partial charge in [0.25, 0.3) is 5.91 Å². The maximum absolute atomic E-state index is 13.7. The van der Waals surface area contributed by atoms with Crippen LogP contribution in [0.5, 0.6) is 0 Å². The zero-order valence-electron chi connectivity index (χ0n) is 15.9. The molecule has 6 heteroatoms. The van der Waals surface area contributed by atoms with Crippen molar-refractivity contribution in [3.8, 4) is 0 Å². The fourth-order valence-corrected chi connectivity index (χ4v) is 2.61. The highest BCUT2D eigenvalue weighted by atomic mass is 19.1. The Morgan fingerprint density at radius 2 is 1.67 bits per heavy atom. The largest absolute Gasteiger partial charge is 0.348 e. The van der Waals surface area contributed by atoms with Crippen molar-refractivity contribution in [1.82, 2.24) is 10.6 Å². The summed E-state index contributed by atoms with van der Waals surface area (Å²) in [7, 11) is 0. The fourth-order valence-electron chi connectivity index (χ4n) is 2.61. The molecule has 2 rings (SSSR count). The van der Waals surface area contributed by atoms with Crippen molar-refractivity contribution in [3.05, 3.63) is 70.8 Å². The fraction of sp³-hybridized carbons (Fsp3) is 0.333. The van der Waals surface area contributed by atoms with E-state index >= 15 is 0 Å². The molecule has 27 heavy (non-hydrogen) atoms. The van der Waals surface area contributed by atoms with Crippen LogP contribution in [0, 0.1) is 11.6 Å². The van der Waals surface area contributed by atoms with E-state index in [1.807, 2.05) is 12.1 Å². The van der Waals surface area contributed by atoms with Crippen molar-refractivity contribution in [2.75, 3.05) is 6.54 Å². The van der Waals surface area contributed by atoms with Crippen molar-refractivity contribution in [2.24, 2.45) is 0 Å². The number of carbonyl (C=O) groups excluding carboxylic acids is 2. The highest BCUT2D eigenvalue weighted by Crippen LogP contribution is 2.22. The van der Waals surface area contributed by atoms with Gasteiger partial charge in [-0.25, -0.2) is 8.78 Å². The molecule has 0 saturated heterocycles. The Morgan fingerprint density at radius 3 is 2.22 bits per heavy atom. The number of hydrogen-bond acceptors (Lipinski definition) is 2. The van der Waals surface area contributed by atoms with Crippen molar-refractivity contribution in [2.45, 2.75) is 39.2 Å². The molecule has 0 unspecified atom stereocenters. The minimum absolute atomic E-state index is 0.0132. The number of nitrogens with one attached hydrogen (secondary N) is 2. The van der Waals surface area contributed by atoms with Crippen LogP contribution in [0.4, 0.5) is 8.78 Å². The molecule has 0 aliphatic rings. The molecule has 0 aliphatic heterocycles. The van der Waals surface area contributed by atoms with Gasteiger partial charge in [0.2, 0.25) is 5.91 Å². The molecule has 2 amide bonds. The van der Waals surface area contributed by atoms with E-state index in [0.717, 1.165) is 17.7 Å². The van der Waals surface area contributed by atoms with E-state index < -0.39 is 23.6 Å². The van der Waals surface area contributed by atoms with E-state index in [9.17, 15) is 18.4 Å². The molecule has 4 nitrogen and oxygen atoms in total. The van der Waals surface area contributed by atoms with Crippen LogP contribution in [0.25, 0.3) is 0 Å². The molecule has 0 heterocycles. The minimum atomic E-state index is -0.731. The van der Waals surface area contributed by atoms with Gasteiger partial charge in [-0.3, -0.25) is 9.59 Å². The lowest BCUT2D eigenvalue weighted by Gasteiger charge is -2.19. The van der Waals surface area contributed by atoms with E-state index in [-0.39, 0.29) is 23.4 Å². The first kappa shape index (κ1) is 20.6. The van der Waals surface area contributed by atoms with Crippen LogP contribution >= 0.6 is 0 Å². The Balaban J connectivity index is 1.90. The van der Waals surface area contributed by atoms with Crippen molar-refractivity contribution in [1.29, 1.82) is 0 Å². The summed E-state index contributed by atoms with van der Waals surface area (Å²) in [6.07, 6.45) is 0. The van der Waals surface area contributed by atoms with Gasteiger partial charge in [0, 0.05) is 17.2 Å². The molecule has 0 aromatic heterocycles. The highest BCUT2D eigenvalue weighted by Gasteiger charge is 2.16. The lowest BCUT2D eigenvalue weighted by atomic mass is 9.87. The Hall–Kier alpha value is -2.76. The van der Waals surface area contributed by atoms with Crippen LogP contribution in [0.3, 0.4) is 0 Å². The van der Waals surface area contributed by atoms with Crippen LogP contribution in [0.1, 0.15) is 55.2 Å². The summed E-state index contributed by atoms with van der Waals surface area (Å²) >= 11 is 0. The zero-order valence-corrected chi connectivity index (χ0v) is 15.9. The Bertz CT molecular complexity index is 827. The lowest BCUT2D eigenvalue weighted by molar-refractivity contribution is -0.120. The number of carbonyl (C=O) groups is 2. The summed E-state index contributed by atoms with van der Waals surface area (Å²) in [5.74, 6) is -2.25. The number of amides is 2. The molecule has 0 radical (unpaired) electrons. The van der Waals surface area contributed by atoms with Crippen LogP contribution < -0.4 is 10.6 Å². The number of benzene rings is 2. The number of hydrogen-bond donors (Lipinski definition) is 2. The molecule has 2 N–H and O–H groups in total. The van der Waals surface area contributed by atoms with Gasteiger partial charge >= 0.3 is 0 Å². The third-order valence-corrected chi connectivity index (χ3v) is 4.23. The third-order valence-electron chi connectivity index (χ3n) is 4.23. The second-order valence-corrected chi connectivity index (χ2v) is 7.47. The normalized spacial score (nSPS) is 12.4. The Labute approximate surface area is 158 Å². The van der Waals surface area contributed by atoms with E-state index in [2.05, 4.69) is 31.4 Å². The highest BCUT2D eigenvalue weighted by molar-refractivity contribution is 5.96. The summed E-state index contributed by atoms with van der Waals surface area (Å²) < 4.78 is 26.7. The molecular formula is C21H24F2N2O2. The lowest BCUT2D eigenvalue weighted by Crippen LogP contribution is -2.38. The van der Waals surface area contributed by atoms with Crippen LogP contribution in [0.2, 0.25) is 0 Å². The Kier molecular flexibility index (Phi) is 6.31. The van der Waals surface area contributed by atoms with E-state index in [1.54, 1.807) is 19.1 Å². The standard InChI is InChI=1S/C21H24F2N2O2/c1-13(17-10-9-16(22)11-18(17)23)25-19(26)12-24-20(27)14-5-7-15(8-6-14)21(2,3)4/h5-11,13H,12H2,1-4H3,(H,24,27)(H,25,26)/t13-/m1/s1. The topological polar surface area (TPSA) is 58.2 Å². The first-order chi connectivity index (χ1) is 12.6. The van der Waals surface area contributed by atoms with Gasteiger partial charge in [0.1, 0.15) is 11.6 Å². The van der Waals surface area contributed by atoms with Crippen LogP contribution in [-0.2, 0) is 10.2 Å². The smallest absolute Gasteiger partial charge is 0.251 e. The Morgan fingerprint density at radius 1 is 1.04 bits per heavy atom. The van der Waals surface area contributed by atoms with Gasteiger partial charge in [0.15, 0.2) is 0 Å². The average Bonchev–Trinajstić information content (AvgIpc) is 2.58. The third kappa shape index (κ3) is 5.61. The molecular weight excluding hydrogens is 350 g/mol. The molecule has 0 fully saturated rings. The second kappa shape index (κ2) is 8.29. The first-order valence-corrected chi connectivity index (χ1v) is 8.71. The van der Waals surface area contributed by atoms with Gasteiger partial charge in [0.05, 0.1) is 12.6 Å². The van der Waals surface area contributed by atoms with E-state index in [4.69, 9.17) is 0 Å². The summed E-state index contributed by atoms with van der Waals surface area (Å²) in [6.45, 7) is 7.58. The molecule has 144 valence electrons. The van der Waals surface area contributed by atoms with Crippen molar-refractivity contribution in [3.63, 3.8) is 0 Å². The molecule has 0 aliphatic carbocycles.